The van der Waals surface area contributed by atoms with E-state index in [2.05, 4.69) is 0 Å². The van der Waals surface area contributed by atoms with Gasteiger partial charge in [0.15, 0.2) is 0 Å². The van der Waals surface area contributed by atoms with E-state index in [9.17, 15) is 8.78 Å². The second kappa shape index (κ2) is 5.80. The van der Waals surface area contributed by atoms with Crippen LogP contribution < -0.4 is 10.6 Å². The number of nitrogens with two attached hydrogens (primary N) is 1. The fraction of sp³-hybridized carbons (Fsp3) is 0.200. The standard InChI is InChI=1S/C15H16F2N2/c1-19(14-7-3-6-13(17)9-14)15(10-18)11-4-2-5-12(16)8-11/h2-9,15H,10,18H2,1H3. The third-order valence-electron chi connectivity index (χ3n) is 3.14. The van der Waals surface area contributed by atoms with Crippen molar-refractivity contribution in [2.75, 3.05) is 18.5 Å². The molecule has 0 aliphatic rings. The summed E-state index contributed by atoms with van der Waals surface area (Å²) < 4.78 is 26.5. The largest absolute Gasteiger partial charge is 0.366 e. The highest BCUT2D eigenvalue weighted by molar-refractivity contribution is 5.48. The van der Waals surface area contributed by atoms with Crippen LogP contribution in [0.25, 0.3) is 0 Å². The van der Waals surface area contributed by atoms with Crippen LogP contribution in [-0.4, -0.2) is 13.6 Å². The Hall–Kier alpha value is -1.94. The van der Waals surface area contributed by atoms with E-state index in [0.29, 0.717) is 12.2 Å². The topological polar surface area (TPSA) is 29.3 Å². The molecule has 0 radical (unpaired) electrons. The van der Waals surface area contributed by atoms with Crippen LogP contribution in [0.15, 0.2) is 48.5 Å². The minimum Gasteiger partial charge on any atom is -0.366 e. The van der Waals surface area contributed by atoms with E-state index >= 15 is 0 Å². The smallest absolute Gasteiger partial charge is 0.125 e. The molecule has 0 heterocycles. The number of hydrogen-bond donors (Lipinski definition) is 1. The van der Waals surface area contributed by atoms with Crippen LogP contribution in [0.4, 0.5) is 14.5 Å². The van der Waals surface area contributed by atoms with E-state index in [4.69, 9.17) is 5.73 Å². The highest BCUT2D eigenvalue weighted by Gasteiger charge is 2.16. The summed E-state index contributed by atoms with van der Waals surface area (Å²) in [6.07, 6.45) is 0. The first-order valence-corrected chi connectivity index (χ1v) is 6.05. The minimum atomic E-state index is -0.306. The van der Waals surface area contributed by atoms with E-state index in [-0.39, 0.29) is 17.7 Å². The molecule has 0 amide bonds. The summed E-state index contributed by atoms with van der Waals surface area (Å²) in [7, 11) is 1.82. The van der Waals surface area contributed by atoms with Gasteiger partial charge < -0.3 is 10.6 Å². The maximum Gasteiger partial charge on any atom is 0.125 e. The molecule has 100 valence electrons. The second-order valence-corrected chi connectivity index (χ2v) is 4.40. The molecule has 0 aromatic heterocycles. The van der Waals surface area contributed by atoms with Crippen LogP contribution in [0.1, 0.15) is 11.6 Å². The van der Waals surface area contributed by atoms with Gasteiger partial charge in [-0.1, -0.05) is 18.2 Å². The lowest BCUT2D eigenvalue weighted by atomic mass is 10.0. The van der Waals surface area contributed by atoms with Gasteiger partial charge in [-0.3, -0.25) is 0 Å². The van der Waals surface area contributed by atoms with Crippen molar-refractivity contribution < 1.29 is 8.78 Å². The lowest BCUT2D eigenvalue weighted by Crippen LogP contribution is -2.30. The average Bonchev–Trinajstić information content (AvgIpc) is 2.39. The molecule has 2 N–H and O–H groups in total. The summed E-state index contributed by atoms with van der Waals surface area (Å²) in [5.74, 6) is -0.608. The van der Waals surface area contributed by atoms with Gasteiger partial charge in [0.05, 0.1) is 6.04 Å². The molecule has 0 spiro atoms. The fourth-order valence-corrected chi connectivity index (χ4v) is 2.11. The molecule has 4 heteroatoms. The molecule has 0 bridgehead atoms. The predicted octanol–water partition coefficient (Wildman–Crippen LogP) is 3.10. The number of halogens is 2. The van der Waals surface area contributed by atoms with E-state index in [1.54, 1.807) is 18.2 Å². The predicted molar refractivity (Wildman–Crippen MR) is 73.0 cm³/mol. The monoisotopic (exact) mass is 262 g/mol. The molecule has 1 unspecified atom stereocenters. The van der Waals surface area contributed by atoms with Crippen LogP contribution in [0.2, 0.25) is 0 Å². The summed E-state index contributed by atoms with van der Waals surface area (Å²) in [5.41, 5.74) is 7.25. The molecule has 2 aromatic rings. The third-order valence-corrected chi connectivity index (χ3v) is 3.14. The molecule has 2 aromatic carbocycles. The molecule has 0 aliphatic carbocycles. The number of nitrogens with zero attached hydrogens (tertiary/aromatic N) is 1. The zero-order chi connectivity index (χ0) is 13.8. The summed E-state index contributed by atoms with van der Waals surface area (Å²) in [5, 5.41) is 0. The lowest BCUT2D eigenvalue weighted by molar-refractivity contribution is 0.611. The molecule has 0 saturated heterocycles. The Labute approximate surface area is 111 Å². The maximum absolute atomic E-state index is 13.3. The first kappa shape index (κ1) is 13.5. The molecule has 0 saturated carbocycles. The Bertz CT molecular complexity index is 557. The molecule has 0 aliphatic heterocycles. The van der Waals surface area contributed by atoms with Crippen molar-refractivity contribution in [2.45, 2.75) is 6.04 Å². The zero-order valence-corrected chi connectivity index (χ0v) is 10.7. The highest BCUT2D eigenvalue weighted by atomic mass is 19.1. The van der Waals surface area contributed by atoms with Crippen molar-refractivity contribution in [1.29, 1.82) is 0 Å². The van der Waals surface area contributed by atoms with Crippen LogP contribution in [-0.2, 0) is 0 Å². The maximum atomic E-state index is 13.3. The molecule has 2 nitrogen and oxygen atoms in total. The van der Waals surface area contributed by atoms with Gasteiger partial charge >= 0.3 is 0 Å². The van der Waals surface area contributed by atoms with Crippen molar-refractivity contribution >= 4 is 5.69 Å². The number of likely N-dealkylation sites (N-methyl/N-ethyl adjacent to an activating group) is 1. The van der Waals surface area contributed by atoms with Gasteiger partial charge in [-0.15, -0.1) is 0 Å². The van der Waals surface area contributed by atoms with Crippen LogP contribution in [0.3, 0.4) is 0 Å². The molecule has 0 fully saturated rings. The van der Waals surface area contributed by atoms with Crippen LogP contribution in [0.5, 0.6) is 0 Å². The summed E-state index contributed by atoms with van der Waals surface area (Å²) >= 11 is 0. The van der Waals surface area contributed by atoms with Gasteiger partial charge in [-0.05, 0) is 35.9 Å². The van der Waals surface area contributed by atoms with Gasteiger partial charge in [0.2, 0.25) is 0 Å². The fourth-order valence-electron chi connectivity index (χ4n) is 2.11. The lowest BCUT2D eigenvalue weighted by Gasteiger charge is -2.29. The van der Waals surface area contributed by atoms with Crippen LogP contribution in [0, 0.1) is 11.6 Å². The Morgan fingerprint density at radius 2 is 1.68 bits per heavy atom. The third kappa shape index (κ3) is 3.09. The first-order chi connectivity index (χ1) is 9.11. The Morgan fingerprint density at radius 3 is 2.26 bits per heavy atom. The number of anilines is 1. The number of hydrogen-bond acceptors (Lipinski definition) is 2. The summed E-state index contributed by atoms with van der Waals surface area (Å²) in [6, 6.07) is 12.4. The van der Waals surface area contributed by atoms with E-state index in [0.717, 1.165) is 5.56 Å². The number of rotatable bonds is 4. The summed E-state index contributed by atoms with van der Waals surface area (Å²) in [6.45, 7) is 0.316. The molecule has 2 rings (SSSR count). The zero-order valence-electron chi connectivity index (χ0n) is 10.7. The van der Waals surface area contributed by atoms with Gasteiger partial charge in [0.1, 0.15) is 11.6 Å². The van der Waals surface area contributed by atoms with E-state index in [1.165, 1.54) is 24.3 Å². The van der Waals surface area contributed by atoms with Gasteiger partial charge in [0.25, 0.3) is 0 Å². The SMILES string of the molecule is CN(c1cccc(F)c1)C(CN)c1cccc(F)c1. The van der Waals surface area contributed by atoms with Gasteiger partial charge in [-0.25, -0.2) is 8.78 Å². The second-order valence-electron chi connectivity index (χ2n) is 4.40. The van der Waals surface area contributed by atoms with Gasteiger partial charge in [-0.2, -0.15) is 0 Å². The molecule has 1 atom stereocenters. The molecular weight excluding hydrogens is 246 g/mol. The average molecular weight is 262 g/mol. The Kier molecular flexibility index (Phi) is 4.12. The Morgan fingerprint density at radius 1 is 1.05 bits per heavy atom. The molecule has 19 heavy (non-hydrogen) atoms. The quantitative estimate of drug-likeness (QED) is 0.917. The minimum absolute atomic E-state index is 0.197. The van der Waals surface area contributed by atoms with Crippen molar-refractivity contribution in [3.05, 3.63) is 65.7 Å². The van der Waals surface area contributed by atoms with Crippen molar-refractivity contribution in [1.82, 2.24) is 0 Å². The van der Waals surface area contributed by atoms with Gasteiger partial charge in [0, 0.05) is 19.3 Å². The molecular formula is C15H16F2N2. The van der Waals surface area contributed by atoms with Crippen LogP contribution >= 0.6 is 0 Å². The highest BCUT2D eigenvalue weighted by Crippen LogP contribution is 2.25. The Balaban J connectivity index is 2.31. The van der Waals surface area contributed by atoms with Crippen molar-refractivity contribution in [2.24, 2.45) is 5.73 Å². The summed E-state index contributed by atoms with van der Waals surface area (Å²) in [4.78, 5) is 1.85. The van der Waals surface area contributed by atoms with E-state index < -0.39 is 0 Å². The van der Waals surface area contributed by atoms with E-state index in [1.807, 2.05) is 18.0 Å². The van der Waals surface area contributed by atoms with Crippen molar-refractivity contribution in [3.8, 4) is 0 Å². The number of benzene rings is 2. The normalized spacial score (nSPS) is 12.2. The van der Waals surface area contributed by atoms with Crippen molar-refractivity contribution in [3.63, 3.8) is 0 Å². The first-order valence-electron chi connectivity index (χ1n) is 6.05.